The molecule has 0 spiro atoms. The van der Waals surface area contributed by atoms with E-state index in [2.05, 4.69) is 13.8 Å². The van der Waals surface area contributed by atoms with Gasteiger partial charge >= 0.3 is 0 Å². The third-order valence-electron chi connectivity index (χ3n) is 2.60. The Morgan fingerprint density at radius 2 is 2.07 bits per heavy atom. The molecular formula is C12H21NO. The molecular weight excluding hydrogens is 174 g/mol. The molecule has 1 aromatic rings. The first-order valence-electron chi connectivity index (χ1n) is 5.41. The van der Waals surface area contributed by atoms with E-state index in [1.165, 1.54) is 12.8 Å². The van der Waals surface area contributed by atoms with Crippen molar-refractivity contribution < 1.29 is 4.42 Å². The fraction of sp³-hybridized carbons (Fsp3) is 0.667. The molecule has 0 radical (unpaired) electrons. The standard InChI is InChI=1S/C12H21NO/c1-9(2)5-4-6-12(13)11-7-8-14-10(11)3/h7-9,12H,4-6,13H2,1-3H3. The predicted octanol–water partition coefficient (Wildman–Crippen LogP) is 3.41. The molecule has 2 N–H and O–H groups in total. The Balaban J connectivity index is 2.36. The van der Waals surface area contributed by atoms with E-state index in [1.54, 1.807) is 6.26 Å². The molecule has 0 aromatic carbocycles. The van der Waals surface area contributed by atoms with Crippen LogP contribution >= 0.6 is 0 Å². The van der Waals surface area contributed by atoms with Crippen LogP contribution in [0, 0.1) is 12.8 Å². The van der Waals surface area contributed by atoms with Crippen molar-refractivity contribution in [3.8, 4) is 0 Å². The molecule has 0 amide bonds. The summed E-state index contributed by atoms with van der Waals surface area (Å²) in [5.41, 5.74) is 7.23. The second-order valence-electron chi connectivity index (χ2n) is 4.36. The number of nitrogens with two attached hydrogens (primary N) is 1. The average Bonchev–Trinajstić information content (AvgIpc) is 2.50. The lowest BCUT2D eigenvalue weighted by Gasteiger charge is -2.11. The number of rotatable bonds is 5. The van der Waals surface area contributed by atoms with Crippen LogP contribution in [0.15, 0.2) is 16.7 Å². The maximum Gasteiger partial charge on any atom is 0.105 e. The minimum Gasteiger partial charge on any atom is -0.469 e. The van der Waals surface area contributed by atoms with Crippen LogP contribution < -0.4 is 5.73 Å². The lowest BCUT2D eigenvalue weighted by atomic mass is 9.99. The number of aryl methyl sites for hydroxylation is 1. The van der Waals surface area contributed by atoms with E-state index < -0.39 is 0 Å². The van der Waals surface area contributed by atoms with E-state index in [9.17, 15) is 0 Å². The van der Waals surface area contributed by atoms with Gasteiger partial charge in [0.1, 0.15) is 5.76 Å². The minimum absolute atomic E-state index is 0.146. The number of hydrogen-bond acceptors (Lipinski definition) is 2. The smallest absolute Gasteiger partial charge is 0.105 e. The van der Waals surface area contributed by atoms with Crippen LogP contribution in [0.4, 0.5) is 0 Å². The summed E-state index contributed by atoms with van der Waals surface area (Å²) in [6.45, 7) is 6.46. The van der Waals surface area contributed by atoms with Crippen molar-refractivity contribution in [3.05, 3.63) is 23.7 Å². The highest BCUT2D eigenvalue weighted by Crippen LogP contribution is 2.22. The predicted molar refractivity (Wildman–Crippen MR) is 59.1 cm³/mol. The Bertz CT molecular complexity index is 265. The summed E-state index contributed by atoms with van der Waals surface area (Å²) >= 11 is 0. The lowest BCUT2D eigenvalue weighted by molar-refractivity contribution is 0.492. The fourth-order valence-corrected chi connectivity index (χ4v) is 1.68. The molecule has 2 heteroatoms. The molecule has 0 aliphatic heterocycles. The van der Waals surface area contributed by atoms with Crippen LogP contribution in [0.25, 0.3) is 0 Å². The summed E-state index contributed by atoms with van der Waals surface area (Å²) in [5, 5.41) is 0. The molecule has 0 aliphatic carbocycles. The molecule has 80 valence electrons. The molecule has 1 heterocycles. The van der Waals surface area contributed by atoms with Crippen LogP contribution in [-0.4, -0.2) is 0 Å². The summed E-state index contributed by atoms with van der Waals surface area (Å²) in [4.78, 5) is 0. The van der Waals surface area contributed by atoms with Gasteiger partial charge < -0.3 is 10.2 Å². The van der Waals surface area contributed by atoms with Crippen molar-refractivity contribution in [2.75, 3.05) is 0 Å². The van der Waals surface area contributed by atoms with E-state index in [1.807, 2.05) is 13.0 Å². The SMILES string of the molecule is Cc1occc1C(N)CCCC(C)C. The molecule has 0 aliphatic rings. The summed E-state index contributed by atoms with van der Waals surface area (Å²) in [7, 11) is 0. The molecule has 1 aromatic heterocycles. The van der Waals surface area contributed by atoms with E-state index in [0.29, 0.717) is 0 Å². The molecule has 14 heavy (non-hydrogen) atoms. The van der Waals surface area contributed by atoms with Crippen LogP contribution in [-0.2, 0) is 0 Å². The normalized spacial score (nSPS) is 13.5. The Morgan fingerprint density at radius 3 is 2.57 bits per heavy atom. The maximum atomic E-state index is 6.07. The quantitative estimate of drug-likeness (QED) is 0.782. The van der Waals surface area contributed by atoms with Crippen molar-refractivity contribution in [2.24, 2.45) is 11.7 Å². The monoisotopic (exact) mass is 195 g/mol. The summed E-state index contributed by atoms with van der Waals surface area (Å²) in [6.07, 6.45) is 5.22. The molecule has 0 bridgehead atoms. The fourth-order valence-electron chi connectivity index (χ4n) is 1.68. The Kier molecular flexibility index (Phi) is 4.21. The van der Waals surface area contributed by atoms with Crippen molar-refractivity contribution in [2.45, 2.75) is 46.1 Å². The van der Waals surface area contributed by atoms with E-state index in [-0.39, 0.29) is 6.04 Å². The van der Waals surface area contributed by atoms with Crippen molar-refractivity contribution in [1.82, 2.24) is 0 Å². The molecule has 0 fully saturated rings. The van der Waals surface area contributed by atoms with E-state index in [0.717, 1.165) is 23.7 Å². The van der Waals surface area contributed by atoms with Crippen LogP contribution in [0.5, 0.6) is 0 Å². The number of hydrogen-bond donors (Lipinski definition) is 1. The van der Waals surface area contributed by atoms with E-state index >= 15 is 0 Å². The largest absolute Gasteiger partial charge is 0.469 e. The van der Waals surface area contributed by atoms with Gasteiger partial charge in [-0.3, -0.25) is 0 Å². The topological polar surface area (TPSA) is 39.2 Å². The Hall–Kier alpha value is -0.760. The second-order valence-corrected chi connectivity index (χ2v) is 4.36. The zero-order valence-electron chi connectivity index (χ0n) is 9.42. The first-order valence-corrected chi connectivity index (χ1v) is 5.41. The van der Waals surface area contributed by atoms with Gasteiger partial charge in [-0.05, 0) is 25.3 Å². The van der Waals surface area contributed by atoms with Gasteiger partial charge in [-0.25, -0.2) is 0 Å². The highest BCUT2D eigenvalue weighted by Gasteiger charge is 2.10. The Morgan fingerprint density at radius 1 is 1.36 bits per heavy atom. The van der Waals surface area contributed by atoms with Gasteiger partial charge in [0, 0.05) is 11.6 Å². The highest BCUT2D eigenvalue weighted by atomic mass is 16.3. The van der Waals surface area contributed by atoms with Crippen molar-refractivity contribution >= 4 is 0 Å². The second kappa shape index (κ2) is 5.20. The first-order chi connectivity index (χ1) is 6.61. The van der Waals surface area contributed by atoms with Gasteiger partial charge in [-0.1, -0.05) is 26.7 Å². The maximum absolute atomic E-state index is 6.07. The third kappa shape index (κ3) is 3.18. The molecule has 0 saturated carbocycles. The van der Waals surface area contributed by atoms with Crippen LogP contribution in [0.2, 0.25) is 0 Å². The highest BCUT2D eigenvalue weighted by molar-refractivity contribution is 5.19. The van der Waals surface area contributed by atoms with Gasteiger partial charge in [0.15, 0.2) is 0 Å². The number of furan rings is 1. The minimum atomic E-state index is 0.146. The van der Waals surface area contributed by atoms with Gasteiger partial charge in [0.25, 0.3) is 0 Å². The van der Waals surface area contributed by atoms with Crippen molar-refractivity contribution in [1.29, 1.82) is 0 Å². The summed E-state index contributed by atoms with van der Waals surface area (Å²) < 4.78 is 5.23. The molecule has 1 unspecified atom stereocenters. The van der Waals surface area contributed by atoms with Gasteiger partial charge in [-0.2, -0.15) is 0 Å². The summed E-state index contributed by atoms with van der Waals surface area (Å²) in [6, 6.07) is 2.13. The van der Waals surface area contributed by atoms with Crippen molar-refractivity contribution in [3.63, 3.8) is 0 Å². The zero-order chi connectivity index (χ0) is 10.6. The zero-order valence-corrected chi connectivity index (χ0v) is 9.42. The van der Waals surface area contributed by atoms with Gasteiger partial charge in [-0.15, -0.1) is 0 Å². The Labute approximate surface area is 86.5 Å². The lowest BCUT2D eigenvalue weighted by Crippen LogP contribution is -2.10. The molecule has 2 nitrogen and oxygen atoms in total. The summed E-state index contributed by atoms with van der Waals surface area (Å²) in [5.74, 6) is 1.73. The first kappa shape index (κ1) is 11.3. The molecule has 0 saturated heterocycles. The van der Waals surface area contributed by atoms with E-state index in [4.69, 9.17) is 10.2 Å². The molecule has 1 atom stereocenters. The average molecular weight is 195 g/mol. The van der Waals surface area contributed by atoms with Gasteiger partial charge in [0.05, 0.1) is 6.26 Å². The molecule has 1 rings (SSSR count). The van der Waals surface area contributed by atoms with Crippen LogP contribution in [0.1, 0.15) is 50.5 Å². The van der Waals surface area contributed by atoms with Crippen LogP contribution in [0.3, 0.4) is 0 Å². The van der Waals surface area contributed by atoms with Gasteiger partial charge in [0.2, 0.25) is 0 Å². The third-order valence-corrected chi connectivity index (χ3v) is 2.60.